The highest BCUT2D eigenvalue weighted by Crippen LogP contribution is 2.11. The van der Waals surface area contributed by atoms with Crippen molar-refractivity contribution in [1.82, 2.24) is 15.1 Å². The molecule has 0 amide bonds. The van der Waals surface area contributed by atoms with Gasteiger partial charge in [0.05, 0.1) is 23.3 Å². The summed E-state index contributed by atoms with van der Waals surface area (Å²) in [6, 6.07) is 1.89. The first kappa shape index (κ1) is 10.0. The molecule has 0 fully saturated rings. The predicted octanol–water partition coefficient (Wildman–Crippen LogP) is 0.956. The maximum absolute atomic E-state index is 8.68. The van der Waals surface area contributed by atoms with E-state index in [1.807, 2.05) is 6.92 Å². The third-order valence-electron chi connectivity index (χ3n) is 1.76. The highest BCUT2D eigenvalue weighted by Gasteiger charge is 2.07. The molecule has 13 heavy (non-hydrogen) atoms. The van der Waals surface area contributed by atoms with Crippen molar-refractivity contribution in [1.29, 1.82) is 5.26 Å². The average Bonchev–Trinajstić information content (AvgIpc) is 2.42. The van der Waals surface area contributed by atoms with Gasteiger partial charge in [-0.3, -0.25) is 4.68 Å². The molecule has 0 aliphatic rings. The number of aryl methyl sites for hydroxylation is 1. The second-order valence-electron chi connectivity index (χ2n) is 2.75. The zero-order valence-corrected chi connectivity index (χ0v) is 8.34. The van der Waals surface area contributed by atoms with Crippen LogP contribution in [-0.2, 0) is 6.54 Å². The summed E-state index contributed by atoms with van der Waals surface area (Å²) in [6.45, 7) is 2.35. The van der Waals surface area contributed by atoms with Gasteiger partial charge in [0.15, 0.2) is 0 Å². The Balaban J connectivity index is 2.69. The summed E-state index contributed by atoms with van der Waals surface area (Å²) in [5.74, 6) is 0. The van der Waals surface area contributed by atoms with Gasteiger partial charge in [-0.05, 0) is 14.0 Å². The highest BCUT2D eigenvalue weighted by molar-refractivity contribution is 6.31. The van der Waals surface area contributed by atoms with E-state index in [0.717, 1.165) is 5.69 Å². The van der Waals surface area contributed by atoms with Crippen LogP contribution in [0.15, 0.2) is 6.20 Å². The zero-order chi connectivity index (χ0) is 9.84. The zero-order valence-electron chi connectivity index (χ0n) is 7.58. The largest absolute Gasteiger partial charge is 0.303 e. The van der Waals surface area contributed by atoms with E-state index in [0.29, 0.717) is 11.6 Å². The lowest BCUT2D eigenvalue weighted by Gasteiger charge is -2.06. The molecule has 0 aliphatic heterocycles. The number of halogens is 1. The first-order valence-corrected chi connectivity index (χ1v) is 4.31. The molecular weight excluding hydrogens is 188 g/mol. The molecule has 1 rings (SSSR count). The fraction of sp³-hybridized carbons (Fsp3) is 0.500. The van der Waals surface area contributed by atoms with Crippen LogP contribution in [0.2, 0.25) is 5.02 Å². The first-order valence-electron chi connectivity index (χ1n) is 3.93. The molecule has 0 radical (unpaired) electrons. The molecular formula is C8H11ClN4. The van der Waals surface area contributed by atoms with E-state index < -0.39 is 0 Å². The van der Waals surface area contributed by atoms with E-state index in [4.69, 9.17) is 16.9 Å². The van der Waals surface area contributed by atoms with Crippen molar-refractivity contribution in [3.05, 3.63) is 16.9 Å². The lowest BCUT2D eigenvalue weighted by atomic mass is 10.3. The number of likely N-dealkylation sites (N-methyl/N-ethyl adjacent to an activating group) is 1. The molecule has 1 heterocycles. The number of hydrogen-bond donors (Lipinski definition) is 1. The molecule has 4 nitrogen and oxygen atoms in total. The first-order chi connectivity index (χ1) is 6.17. The van der Waals surface area contributed by atoms with Gasteiger partial charge in [0.25, 0.3) is 0 Å². The summed E-state index contributed by atoms with van der Waals surface area (Å²) < 4.78 is 1.67. The molecule has 1 atom stereocenters. The normalized spacial score (nSPS) is 12.5. The van der Waals surface area contributed by atoms with Gasteiger partial charge in [0.1, 0.15) is 6.04 Å². The summed E-state index contributed by atoms with van der Waals surface area (Å²) in [6.07, 6.45) is 1.72. The molecule has 1 aromatic heterocycles. The summed E-state index contributed by atoms with van der Waals surface area (Å²) in [5.41, 5.74) is 0.787. The van der Waals surface area contributed by atoms with E-state index in [1.54, 1.807) is 17.9 Å². The Labute approximate surface area is 82.1 Å². The van der Waals surface area contributed by atoms with Crippen LogP contribution in [0.5, 0.6) is 0 Å². The van der Waals surface area contributed by atoms with Crippen molar-refractivity contribution in [2.24, 2.45) is 0 Å². The van der Waals surface area contributed by atoms with Crippen LogP contribution in [0.1, 0.15) is 5.69 Å². The lowest BCUT2D eigenvalue weighted by molar-refractivity contribution is 0.520. The van der Waals surface area contributed by atoms with Crippen LogP contribution in [0.3, 0.4) is 0 Å². The van der Waals surface area contributed by atoms with E-state index in [-0.39, 0.29) is 6.04 Å². The molecule has 1 aromatic rings. The maximum atomic E-state index is 8.68. The van der Waals surface area contributed by atoms with E-state index in [2.05, 4.69) is 16.5 Å². The predicted molar refractivity (Wildman–Crippen MR) is 50.4 cm³/mol. The lowest BCUT2D eigenvalue weighted by Crippen LogP contribution is -2.28. The Hall–Kier alpha value is -1.05. The Morgan fingerprint density at radius 1 is 1.85 bits per heavy atom. The summed E-state index contributed by atoms with van der Waals surface area (Å²) in [7, 11) is 1.74. The van der Waals surface area contributed by atoms with Crippen LogP contribution in [0.25, 0.3) is 0 Å². The van der Waals surface area contributed by atoms with Gasteiger partial charge in [0, 0.05) is 6.20 Å². The molecule has 70 valence electrons. The molecule has 0 aromatic carbocycles. The van der Waals surface area contributed by atoms with Crippen molar-refractivity contribution >= 4 is 11.6 Å². The maximum Gasteiger partial charge on any atom is 0.115 e. The fourth-order valence-electron chi connectivity index (χ4n) is 0.971. The number of nitrogens with zero attached hydrogens (tertiary/aromatic N) is 3. The molecule has 0 saturated carbocycles. The average molecular weight is 199 g/mol. The standard InChI is InChI=1S/C8H11ClN4/c1-6-8(9)5-13(12-6)4-7(3-10)11-2/h5,7,11H,4H2,1-2H3. The van der Waals surface area contributed by atoms with Gasteiger partial charge in [-0.25, -0.2) is 0 Å². The smallest absolute Gasteiger partial charge is 0.115 e. The monoisotopic (exact) mass is 198 g/mol. The van der Waals surface area contributed by atoms with Gasteiger partial charge < -0.3 is 5.32 Å². The van der Waals surface area contributed by atoms with Crippen LogP contribution in [0, 0.1) is 18.3 Å². The van der Waals surface area contributed by atoms with Crippen molar-refractivity contribution in [3.63, 3.8) is 0 Å². The molecule has 0 aliphatic carbocycles. The summed E-state index contributed by atoms with van der Waals surface area (Å²) >= 11 is 5.81. The number of nitrogens with one attached hydrogen (secondary N) is 1. The second-order valence-corrected chi connectivity index (χ2v) is 3.16. The van der Waals surface area contributed by atoms with Gasteiger partial charge in [-0.1, -0.05) is 11.6 Å². The van der Waals surface area contributed by atoms with Gasteiger partial charge in [-0.2, -0.15) is 10.4 Å². The SMILES string of the molecule is CNC(C#N)Cn1cc(Cl)c(C)n1. The van der Waals surface area contributed by atoms with Gasteiger partial charge in [-0.15, -0.1) is 0 Å². The Morgan fingerprint density at radius 3 is 2.92 bits per heavy atom. The number of rotatable bonds is 3. The number of hydrogen-bond acceptors (Lipinski definition) is 3. The third kappa shape index (κ3) is 2.44. The van der Waals surface area contributed by atoms with Crippen LogP contribution in [-0.4, -0.2) is 22.9 Å². The van der Waals surface area contributed by atoms with Gasteiger partial charge in [0.2, 0.25) is 0 Å². The number of aromatic nitrogens is 2. The minimum absolute atomic E-state index is 0.227. The molecule has 0 saturated heterocycles. The Bertz CT molecular complexity index is 306. The number of nitriles is 1. The fourth-order valence-corrected chi connectivity index (χ4v) is 1.12. The highest BCUT2D eigenvalue weighted by atomic mass is 35.5. The molecule has 1 unspecified atom stereocenters. The van der Waals surface area contributed by atoms with Gasteiger partial charge >= 0.3 is 0 Å². The minimum Gasteiger partial charge on any atom is -0.303 e. The van der Waals surface area contributed by atoms with Crippen molar-refractivity contribution in [3.8, 4) is 6.07 Å². The summed E-state index contributed by atoms with van der Waals surface area (Å²) in [4.78, 5) is 0. The Morgan fingerprint density at radius 2 is 2.54 bits per heavy atom. The topological polar surface area (TPSA) is 53.6 Å². The van der Waals surface area contributed by atoms with Crippen LogP contribution >= 0.6 is 11.6 Å². The van der Waals surface area contributed by atoms with Crippen LogP contribution < -0.4 is 5.32 Å². The third-order valence-corrected chi connectivity index (χ3v) is 2.13. The molecule has 0 bridgehead atoms. The molecule has 5 heteroatoms. The quantitative estimate of drug-likeness (QED) is 0.787. The van der Waals surface area contributed by atoms with Crippen LogP contribution in [0.4, 0.5) is 0 Å². The van der Waals surface area contributed by atoms with E-state index in [9.17, 15) is 0 Å². The Kier molecular flexibility index (Phi) is 3.29. The van der Waals surface area contributed by atoms with Crippen molar-refractivity contribution in [2.75, 3.05) is 7.05 Å². The molecule has 0 spiro atoms. The molecule has 1 N–H and O–H groups in total. The summed E-state index contributed by atoms with van der Waals surface area (Å²) in [5, 5.41) is 16.3. The van der Waals surface area contributed by atoms with E-state index >= 15 is 0 Å². The van der Waals surface area contributed by atoms with Crippen molar-refractivity contribution < 1.29 is 0 Å². The minimum atomic E-state index is -0.227. The van der Waals surface area contributed by atoms with Crippen molar-refractivity contribution in [2.45, 2.75) is 19.5 Å². The van der Waals surface area contributed by atoms with E-state index in [1.165, 1.54) is 0 Å². The second kappa shape index (κ2) is 4.26.